The lowest BCUT2D eigenvalue weighted by Crippen LogP contribution is -2.45. The number of hydrogen-bond donors (Lipinski definition) is 4. The molecule has 2 atom stereocenters. The van der Waals surface area contributed by atoms with Crippen molar-refractivity contribution in [2.45, 2.75) is 12.2 Å². The zero-order chi connectivity index (χ0) is 13.7. The molecule has 0 bridgehead atoms. The molecule has 0 spiro atoms. The van der Waals surface area contributed by atoms with Gasteiger partial charge in [-0.2, -0.15) is 0 Å². The first kappa shape index (κ1) is 13.9. The fourth-order valence-electron chi connectivity index (χ4n) is 1.19. The number of ether oxygens (including phenoxy) is 1. The molecule has 0 radical (unpaired) electrons. The second-order valence-corrected chi connectivity index (χ2v) is 3.51. The van der Waals surface area contributed by atoms with Gasteiger partial charge in [0, 0.05) is 5.69 Å². The number of nitrogens with two attached hydrogens (primary N) is 1. The van der Waals surface area contributed by atoms with E-state index in [1.165, 1.54) is 7.11 Å². The van der Waals surface area contributed by atoms with Gasteiger partial charge in [-0.05, 0) is 24.3 Å². The highest BCUT2D eigenvalue weighted by Gasteiger charge is 2.28. The van der Waals surface area contributed by atoms with Crippen LogP contribution in [-0.2, 0) is 9.59 Å². The minimum Gasteiger partial charge on any atom is -0.497 e. The van der Waals surface area contributed by atoms with E-state index in [-0.39, 0.29) is 0 Å². The summed E-state index contributed by atoms with van der Waals surface area (Å²) in [6, 6.07) is 6.29. The normalized spacial score (nSPS) is 13.5. The van der Waals surface area contributed by atoms with Gasteiger partial charge in [0.2, 0.25) is 5.91 Å². The standard InChI is InChI=1S/C11H14N2O5/c1-18-7-4-2-6(3-5-7)13-11(17)9(15)8(14)10(12)16/h2-5,8-9,14-15H,1H3,(H2,12,16)(H,13,17). The van der Waals surface area contributed by atoms with Crippen LogP contribution in [0.15, 0.2) is 24.3 Å². The Bertz CT molecular complexity index is 432. The van der Waals surface area contributed by atoms with Crippen molar-refractivity contribution in [2.75, 3.05) is 12.4 Å². The number of nitrogens with one attached hydrogen (secondary N) is 1. The van der Waals surface area contributed by atoms with Crippen LogP contribution in [0.2, 0.25) is 0 Å². The molecule has 2 unspecified atom stereocenters. The third-order valence-electron chi connectivity index (χ3n) is 2.22. The average molecular weight is 254 g/mol. The van der Waals surface area contributed by atoms with Crippen molar-refractivity contribution in [1.82, 2.24) is 0 Å². The molecule has 1 rings (SSSR count). The van der Waals surface area contributed by atoms with E-state index in [0.29, 0.717) is 11.4 Å². The highest BCUT2D eigenvalue weighted by Crippen LogP contribution is 2.15. The monoisotopic (exact) mass is 254 g/mol. The zero-order valence-electron chi connectivity index (χ0n) is 9.66. The summed E-state index contributed by atoms with van der Waals surface area (Å²) in [6.07, 6.45) is -3.85. The molecule has 0 aliphatic heterocycles. The summed E-state index contributed by atoms with van der Waals surface area (Å²) in [7, 11) is 1.50. The lowest BCUT2D eigenvalue weighted by atomic mass is 10.2. The molecule has 7 heteroatoms. The highest BCUT2D eigenvalue weighted by atomic mass is 16.5. The minimum atomic E-state index is -1.94. The van der Waals surface area contributed by atoms with Crippen molar-refractivity contribution in [3.8, 4) is 5.75 Å². The molecule has 7 nitrogen and oxygen atoms in total. The summed E-state index contributed by atoms with van der Waals surface area (Å²) in [6.45, 7) is 0. The Morgan fingerprint density at radius 1 is 1.22 bits per heavy atom. The van der Waals surface area contributed by atoms with Crippen LogP contribution in [0.3, 0.4) is 0 Å². The molecule has 5 N–H and O–H groups in total. The van der Waals surface area contributed by atoms with Gasteiger partial charge in [0.15, 0.2) is 12.2 Å². The largest absolute Gasteiger partial charge is 0.497 e. The molecule has 2 amide bonds. The predicted octanol–water partition coefficient (Wildman–Crippen LogP) is -1.16. The smallest absolute Gasteiger partial charge is 0.256 e. The molecule has 0 aromatic heterocycles. The Morgan fingerprint density at radius 3 is 2.22 bits per heavy atom. The maximum atomic E-state index is 11.5. The number of aliphatic hydroxyl groups excluding tert-OH is 2. The number of benzene rings is 1. The van der Waals surface area contributed by atoms with Gasteiger partial charge in [-0.1, -0.05) is 0 Å². The van der Waals surface area contributed by atoms with Crippen LogP contribution in [0.1, 0.15) is 0 Å². The Balaban J connectivity index is 2.66. The van der Waals surface area contributed by atoms with Crippen LogP contribution in [0.5, 0.6) is 5.75 Å². The second kappa shape index (κ2) is 5.99. The molecule has 1 aromatic carbocycles. The van der Waals surface area contributed by atoms with Crippen molar-refractivity contribution in [1.29, 1.82) is 0 Å². The van der Waals surface area contributed by atoms with E-state index in [1.807, 2.05) is 0 Å². The first-order chi connectivity index (χ1) is 8.45. The van der Waals surface area contributed by atoms with Crippen LogP contribution in [0.25, 0.3) is 0 Å². The summed E-state index contributed by atoms with van der Waals surface area (Å²) in [5.41, 5.74) is 5.15. The summed E-state index contributed by atoms with van der Waals surface area (Å²) in [5.74, 6) is -1.50. The number of methoxy groups -OCH3 is 1. The summed E-state index contributed by atoms with van der Waals surface area (Å²) < 4.78 is 4.93. The summed E-state index contributed by atoms with van der Waals surface area (Å²) in [5, 5.41) is 20.8. The molecule has 0 aliphatic carbocycles. The van der Waals surface area contributed by atoms with Gasteiger partial charge < -0.3 is 26.0 Å². The Labute approximate surface area is 103 Å². The van der Waals surface area contributed by atoms with E-state index in [0.717, 1.165) is 0 Å². The Kier molecular flexibility index (Phi) is 4.64. The quantitative estimate of drug-likeness (QED) is 0.528. The van der Waals surface area contributed by atoms with E-state index in [9.17, 15) is 14.7 Å². The van der Waals surface area contributed by atoms with Crippen LogP contribution in [0.4, 0.5) is 5.69 Å². The summed E-state index contributed by atoms with van der Waals surface area (Å²) in [4.78, 5) is 22.0. The van der Waals surface area contributed by atoms with Crippen LogP contribution in [0, 0.1) is 0 Å². The van der Waals surface area contributed by atoms with Gasteiger partial charge in [-0.25, -0.2) is 0 Å². The number of primary amides is 1. The fraction of sp³-hybridized carbons (Fsp3) is 0.273. The average Bonchev–Trinajstić information content (AvgIpc) is 2.37. The number of carbonyl (C=O) groups is 2. The number of amides is 2. The van der Waals surface area contributed by atoms with Crippen LogP contribution < -0.4 is 15.8 Å². The van der Waals surface area contributed by atoms with E-state index in [2.05, 4.69) is 5.32 Å². The number of carbonyl (C=O) groups excluding carboxylic acids is 2. The maximum Gasteiger partial charge on any atom is 0.256 e. The third kappa shape index (κ3) is 3.44. The molecule has 0 aliphatic rings. The SMILES string of the molecule is COc1ccc(NC(=O)C(O)C(O)C(N)=O)cc1. The fourth-order valence-corrected chi connectivity index (χ4v) is 1.19. The molecular formula is C11H14N2O5. The Morgan fingerprint density at radius 2 is 1.78 bits per heavy atom. The van der Waals surface area contributed by atoms with Crippen LogP contribution >= 0.6 is 0 Å². The number of hydrogen-bond acceptors (Lipinski definition) is 5. The first-order valence-corrected chi connectivity index (χ1v) is 5.06. The van der Waals surface area contributed by atoms with E-state index < -0.39 is 24.0 Å². The van der Waals surface area contributed by atoms with E-state index >= 15 is 0 Å². The molecule has 0 saturated heterocycles. The van der Waals surface area contributed by atoms with Gasteiger partial charge in [0.25, 0.3) is 5.91 Å². The van der Waals surface area contributed by atoms with Gasteiger partial charge in [0.1, 0.15) is 5.75 Å². The molecule has 1 aromatic rings. The van der Waals surface area contributed by atoms with E-state index in [1.54, 1.807) is 24.3 Å². The third-order valence-corrected chi connectivity index (χ3v) is 2.22. The van der Waals surface area contributed by atoms with Crippen molar-refractivity contribution in [3.05, 3.63) is 24.3 Å². The van der Waals surface area contributed by atoms with Crippen molar-refractivity contribution >= 4 is 17.5 Å². The van der Waals surface area contributed by atoms with Crippen molar-refractivity contribution < 1.29 is 24.5 Å². The second-order valence-electron chi connectivity index (χ2n) is 3.51. The lowest BCUT2D eigenvalue weighted by molar-refractivity contribution is -0.141. The Hall–Kier alpha value is -2.12. The zero-order valence-corrected chi connectivity index (χ0v) is 9.66. The van der Waals surface area contributed by atoms with Gasteiger partial charge in [-0.3, -0.25) is 9.59 Å². The maximum absolute atomic E-state index is 11.5. The molecule has 0 heterocycles. The predicted molar refractivity (Wildman–Crippen MR) is 62.8 cm³/mol. The van der Waals surface area contributed by atoms with Gasteiger partial charge >= 0.3 is 0 Å². The molecule has 0 saturated carbocycles. The lowest BCUT2D eigenvalue weighted by Gasteiger charge is -2.14. The van der Waals surface area contributed by atoms with E-state index in [4.69, 9.17) is 15.6 Å². The van der Waals surface area contributed by atoms with Gasteiger partial charge in [-0.15, -0.1) is 0 Å². The number of aliphatic hydroxyl groups is 2. The molecule has 18 heavy (non-hydrogen) atoms. The highest BCUT2D eigenvalue weighted by molar-refractivity contribution is 5.98. The molecule has 0 fully saturated rings. The minimum absolute atomic E-state index is 0.386. The number of rotatable bonds is 5. The topological polar surface area (TPSA) is 122 Å². The number of anilines is 1. The molecular weight excluding hydrogens is 240 g/mol. The van der Waals surface area contributed by atoms with Crippen LogP contribution in [-0.4, -0.2) is 41.3 Å². The summed E-state index contributed by atoms with van der Waals surface area (Å²) >= 11 is 0. The first-order valence-electron chi connectivity index (χ1n) is 5.06. The molecule has 98 valence electrons. The van der Waals surface area contributed by atoms with Crippen molar-refractivity contribution in [2.24, 2.45) is 5.73 Å². The van der Waals surface area contributed by atoms with Crippen molar-refractivity contribution in [3.63, 3.8) is 0 Å². The van der Waals surface area contributed by atoms with Gasteiger partial charge in [0.05, 0.1) is 7.11 Å².